The van der Waals surface area contributed by atoms with Crippen molar-refractivity contribution in [2.45, 2.75) is 25.3 Å². The summed E-state index contributed by atoms with van der Waals surface area (Å²) in [6.07, 6.45) is 0. The van der Waals surface area contributed by atoms with Crippen molar-refractivity contribution in [3.63, 3.8) is 0 Å². The minimum absolute atomic E-state index is 0.133. The molecule has 7 nitrogen and oxygen atoms in total. The van der Waals surface area contributed by atoms with E-state index in [9.17, 15) is 13.2 Å². The van der Waals surface area contributed by atoms with E-state index in [1.807, 2.05) is 25.1 Å². The van der Waals surface area contributed by atoms with Crippen molar-refractivity contribution in [2.75, 3.05) is 43.0 Å². The number of benzene rings is 3. The topological polar surface area (TPSA) is 79.0 Å². The molecular weight excluding hydrogens is 462 g/mol. The molecule has 184 valence electrons. The molecule has 1 amide bonds. The second-order valence-corrected chi connectivity index (χ2v) is 10.5. The van der Waals surface area contributed by atoms with Gasteiger partial charge in [-0.3, -0.25) is 9.52 Å². The number of morpholine rings is 1. The van der Waals surface area contributed by atoms with E-state index in [4.69, 9.17) is 4.74 Å². The number of sulfonamides is 1. The molecule has 1 aliphatic rings. The van der Waals surface area contributed by atoms with Crippen molar-refractivity contribution < 1.29 is 17.9 Å². The zero-order valence-electron chi connectivity index (χ0n) is 20.3. The van der Waals surface area contributed by atoms with Crippen LogP contribution >= 0.6 is 0 Å². The van der Waals surface area contributed by atoms with E-state index >= 15 is 0 Å². The van der Waals surface area contributed by atoms with Gasteiger partial charge >= 0.3 is 0 Å². The third-order valence-electron chi connectivity index (χ3n) is 6.10. The normalized spacial score (nSPS) is 14.0. The number of hydrogen-bond acceptors (Lipinski definition) is 5. The maximum atomic E-state index is 12.9. The number of hydrogen-bond donors (Lipinski definition) is 1. The highest BCUT2D eigenvalue weighted by Crippen LogP contribution is 2.22. The average molecular weight is 494 g/mol. The number of carbonyl (C=O) groups excluding carboxylic acids is 1. The lowest BCUT2D eigenvalue weighted by molar-refractivity contribution is 0.0785. The predicted octanol–water partition coefficient (Wildman–Crippen LogP) is 4.21. The van der Waals surface area contributed by atoms with E-state index in [1.54, 1.807) is 55.3 Å². The quantitative estimate of drug-likeness (QED) is 0.533. The average Bonchev–Trinajstić information content (AvgIpc) is 2.86. The molecule has 8 heteroatoms. The van der Waals surface area contributed by atoms with Crippen molar-refractivity contribution >= 4 is 27.3 Å². The second kappa shape index (κ2) is 10.5. The van der Waals surface area contributed by atoms with Crippen LogP contribution in [0, 0.1) is 13.8 Å². The number of anilines is 2. The second-order valence-electron chi connectivity index (χ2n) is 8.88. The van der Waals surface area contributed by atoms with E-state index in [1.165, 1.54) is 0 Å². The molecule has 1 heterocycles. The van der Waals surface area contributed by atoms with E-state index in [-0.39, 0.29) is 10.8 Å². The molecule has 35 heavy (non-hydrogen) atoms. The molecular formula is C27H31N3O4S. The molecule has 1 saturated heterocycles. The molecule has 3 aromatic rings. The zero-order valence-corrected chi connectivity index (χ0v) is 21.1. The van der Waals surface area contributed by atoms with E-state index in [2.05, 4.69) is 21.8 Å². The van der Waals surface area contributed by atoms with Gasteiger partial charge in [0.25, 0.3) is 15.9 Å². The van der Waals surface area contributed by atoms with Crippen LogP contribution in [-0.4, -0.2) is 52.6 Å². The third kappa shape index (κ3) is 6.01. The van der Waals surface area contributed by atoms with Gasteiger partial charge < -0.3 is 14.5 Å². The first kappa shape index (κ1) is 24.8. The van der Waals surface area contributed by atoms with Crippen molar-refractivity contribution in [3.05, 3.63) is 89.0 Å². The Balaban J connectivity index is 1.38. The molecule has 0 aromatic heterocycles. The van der Waals surface area contributed by atoms with Crippen molar-refractivity contribution in [1.82, 2.24) is 4.90 Å². The minimum Gasteiger partial charge on any atom is -0.378 e. The van der Waals surface area contributed by atoms with E-state index in [0.717, 1.165) is 43.1 Å². The smallest absolute Gasteiger partial charge is 0.262 e. The van der Waals surface area contributed by atoms with Crippen LogP contribution in [0.2, 0.25) is 0 Å². The Bertz CT molecular complexity index is 1280. The Morgan fingerprint density at radius 3 is 2.29 bits per heavy atom. The summed E-state index contributed by atoms with van der Waals surface area (Å²) in [6, 6.07) is 20.1. The summed E-state index contributed by atoms with van der Waals surface area (Å²) in [4.78, 5) is 17.1. The lowest BCUT2D eigenvalue weighted by atomic mass is 10.1. The third-order valence-corrected chi connectivity index (χ3v) is 7.62. The number of carbonyl (C=O) groups is 1. The Hall–Kier alpha value is -3.36. The first-order valence-corrected chi connectivity index (χ1v) is 13.1. The molecule has 0 saturated carbocycles. The van der Waals surface area contributed by atoms with Crippen LogP contribution in [0.15, 0.2) is 71.6 Å². The van der Waals surface area contributed by atoms with Crippen LogP contribution in [0.5, 0.6) is 0 Å². The molecule has 1 fully saturated rings. The lowest BCUT2D eigenvalue weighted by Gasteiger charge is -2.29. The number of aryl methyl sites for hydroxylation is 2. The van der Waals surface area contributed by atoms with Gasteiger partial charge in [-0.1, -0.05) is 24.3 Å². The number of nitrogens with one attached hydrogen (secondary N) is 1. The molecule has 0 bridgehead atoms. The first-order chi connectivity index (χ1) is 16.7. The number of rotatable bonds is 7. The molecule has 1 N–H and O–H groups in total. The van der Waals surface area contributed by atoms with Gasteiger partial charge in [0.2, 0.25) is 0 Å². The summed E-state index contributed by atoms with van der Waals surface area (Å²) in [5.74, 6) is -0.133. The lowest BCUT2D eigenvalue weighted by Crippen LogP contribution is -2.36. The Kier molecular flexibility index (Phi) is 7.42. The summed E-state index contributed by atoms with van der Waals surface area (Å²) in [5, 5.41) is 0. The predicted molar refractivity (Wildman–Crippen MR) is 138 cm³/mol. The van der Waals surface area contributed by atoms with E-state index < -0.39 is 10.0 Å². The zero-order chi connectivity index (χ0) is 25.0. The Morgan fingerprint density at radius 2 is 1.63 bits per heavy atom. The standard InChI is InChI=1S/C27H31N3O4S/c1-20-4-5-21(2)26(18-20)35(32,33)28-24-10-8-23(9-11-24)27(31)29(3)19-22-6-12-25(13-7-22)30-14-16-34-17-15-30/h4-13,18,28H,14-17,19H2,1-3H3. The van der Waals surface area contributed by atoms with E-state index in [0.29, 0.717) is 23.4 Å². The van der Waals surface area contributed by atoms with Gasteiger partial charge in [0, 0.05) is 43.6 Å². The van der Waals surface area contributed by atoms with Crippen molar-refractivity contribution in [3.8, 4) is 0 Å². The highest BCUT2D eigenvalue weighted by molar-refractivity contribution is 7.92. The number of ether oxygens (including phenoxy) is 1. The van der Waals surface area contributed by atoms with Gasteiger partial charge in [-0.05, 0) is 73.0 Å². The summed E-state index contributed by atoms with van der Waals surface area (Å²) in [7, 11) is -1.96. The molecule has 0 radical (unpaired) electrons. The molecule has 0 unspecified atom stereocenters. The summed E-state index contributed by atoms with van der Waals surface area (Å²) < 4.78 is 33.7. The van der Waals surface area contributed by atoms with Crippen LogP contribution < -0.4 is 9.62 Å². The number of amides is 1. The van der Waals surface area contributed by atoms with Gasteiger partial charge in [0.1, 0.15) is 0 Å². The van der Waals surface area contributed by atoms with Crippen LogP contribution in [0.25, 0.3) is 0 Å². The Labute approximate surface area is 207 Å². The molecule has 1 aliphatic heterocycles. The van der Waals surface area contributed by atoms with Gasteiger partial charge in [0.15, 0.2) is 0 Å². The molecule has 4 rings (SSSR count). The van der Waals surface area contributed by atoms with Crippen molar-refractivity contribution in [1.29, 1.82) is 0 Å². The van der Waals surface area contributed by atoms with Crippen LogP contribution in [0.4, 0.5) is 11.4 Å². The largest absolute Gasteiger partial charge is 0.378 e. The van der Waals surface area contributed by atoms with Crippen LogP contribution in [0.1, 0.15) is 27.0 Å². The van der Waals surface area contributed by atoms with Gasteiger partial charge in [-0.15, -0.1) is 0 Å². The number of nitrogens with zero attached hydrogens (tertiary/aromatic N) is 2. The highest BCUT2D eigenvalue weighted by Gasteiger charge is 2.18. The fourth-order valence-corrected chi connectivity index (χ4v) is 5.48. The monoisotopic (exact) mass is 493 g/mol. The van der Waals surface area contributed by atoms with Gasteiger partial charge in [-0.2, -0.15) is 0 Å². The first-order valence-electron chi connectivity index (χ1n) is 11.6. The molecule has 0 spiro atoms. The molecule has 3 aromatic carbocycles. The van der Waals surface area contributed by atoms with Crippen LogP contribution in [0.3, 0.4) is 0 Å². The molecule has 0 aliphatic carbocycles. The van der Waals surface area contributed by atoms with Gasteiger partial charge in [0.05, 0.1) is 18.1 Å². The fourth-order valence-electron chi connectivity index (χ4n) is 4.09. The molecule has 0 atom stereocenters. The summed E-state index contributed by atoms with van der Waals surface area (Å²) in [6.45, 7) is 7.34. The summed E-state index contributed by atoms with van der Waals surface area (Å²) >= 11 is 0. The minimum atomic E-state index is -3.72. The fraction of sp³-hybridized carbons (Fsp3) is 0.296. The Morgan fingerprint density at radius 1 is 0.971 bits per heavy atom. The van der Waals surface area contributed by atoms with Crippen molar-refractivity contribution in [2.24, 2.45) is 0 Å². The summed E-state index contributed by atoms with van der Waals surface area (Å²) in [5.41, 5.74) is 4.64. The highest BCUT2D eigenvalue weighted by atomic mass is 32.2. The maximum Gasteiger partial charge on any atom is 0.262 e. The van der Waals surface area contributed by atoms with Gasteiger partial charge in [-0.25, -0.2) is 8.42 Å². The van der Waals surface area contributed by atoms with Crippen LogP contribution in [-0.2, 0) is 21.3 Å². The maximum absolute atomic E-state index is 12.9. The SMILES string of the molecule is Cc1ccc(C)c(S(=O)(=O)Nc2ccc(C(=O)N(C)Cc3ccc(N4CCOCC4)cc3)cc2)c1.